The Kier molecular flexibility index (Phi) is 2.93. The normalized spacial score (nSPS) is 44.8. The van der Waals surface area contributed by atoms with Crippen LogP contribution in [-0.4, -0.2) is 5.11 Å². The highest BCUT2D eigenvalue weighted by Gasteiger charge is 2.55. The number of hydrogen-bond acceptors (Lipinski definition) is 1. The maximum Gasteiger partial charge on any atom is 0.115 e. The van der Waals surface area contributed by atoms with Crippen molar-refractivity contribution in [1.29, 1.82) is 0 Å². The van der Waals surface area contributed by atoms with Crippen molar-refractivity contribution in [3.8, 4) is 5.75 Å². The van der Waals surface area contributed by atoms with Crippen LogP contribution in [0.25, 0.3) is 0 Å². The molecule has 1 nitrogen and oxygen atoms in total. The van der Waals surface area contributed by atoms with E-state index in [0.29, 0.717) is 11.2 Å². The summed E-state index contributed by atoms with van der Waals surface area (Å²) in [5, 5.41) is 9.78. The summed E-state index contributed by atoms with van der Waals surface area (Å²) in [5.41, 5.74) is 3.55. The van der Waals surface area contributed by atoms with Crippen LogP contribution in [-0.2, 0) is 6.42 Å². The van der Waals surface area contributed by atoms with E-state index >= 15 is 0 Å². The Balaban J connectivity index is 1.76. The van der Waals surface area contributed by atoms with Crippen LogP contribution in [0.2, 0.25) is 0 Å². The van der Waals surface area contributed by atoms with Crippen molar-refractivity contribution in [1.82, 2.24) is 0 Å². The lowest BCUT2D eigenvalue weighted by Crippen LogP contribution is -2.45. The molecule has 6 atom stereocenters. The molecule has 114 valence electrons. The van der Waals surface area contributed by atoms with Crippen LogP contribution in [0.1, 0.15) is 63.5 Å². The van der Waals surface area contributed by atoms with Gasteiger partial charge in [-0.1, -0.05) is 26.8 Å². The fourth-order valence-electron chi connectivity index (χ4n) is 6.38. The van der Waals surface area contributed by atoms with E-state index in [1.165, 1.54) is 37.7 Å². The lowest BCUT2D eigenvalue weighted by molar-refractivity contribution is 0.00113. The average molecular weight is 284 g/mol. The lowest BCUT2D eigenvalue weighted by atomic mass is 9.51. The number of aromatic hydroxyl groups is 1. The molecule has 2 saturated carbocycles. The summed E-state index contributed by atoms with van der Waals surface area (Å²) in [6, 6.07) is 6.14. The zero-order valence-corrected chi connectivity index (χ0v) is 13.6. The Morgan fingerprint density at radius 2 is 1.95 bits per heavy atom. The fourth-order valence-corrected chi connectivity index (χ4v) is 6.38. The molecular weight excluding hydrogens is 256 g/mol. The smallest absolute Gasteiger partial charge is 0.115 e. The van der Waals surface area contributed by atoms with Gasteiger partial charge in [0.2, 0.25) is 0 Å². The molecule has 4 rings (SSSR count). The molecule has 2 fully saturated rings. The van der Waals surface area contributed by atoms with E-state index in [0.717, 1.165) is 29.6 Å². The van der Waals surface area contributed by atoms with E-state index in [1.807, 2.05) is 12.1 Å². The number of rotatable bonds is 0. The molecule has 0 spiro atoms. The third-order valence-electron chi connectivity index (χ3n) is 7.47. The van der Waals surface area contributed by atoms with Gasteiger partial charge in [-0.2, -0.15) is 0 Å². The number of fused-ring (bicyclic) bond motifs is 5. The highest BCUT2D eigenvalue weighted by molar-refractivity contribution is 5.40. The average Bonchev–Trinajstić information content (AvgIpc) is 2.74. The molecule has 3 unspecified atom stereocenters. The Morgan fingerprint density at radius 1 is 1.14 bits per heavy atom. The van der Waals surface area contributed by atoms with Crippen LogP contribution >= 0.6 is 0 Å². The van der Waals surface area contributed by atoms with Gasteiger partial charge < -0.3 is 5.11 Å². The first-order valence-electron chi connectivity index (χ1n) is 8.82. The second-order valence-electron chi connectivity index (χ2n) is 8.38. The van der Waals surface area contributed by atoms with Crippen LogP contribution in [0.15, 0.2) is 18.2 Å². The Hall–Kier alpha value is -0.980. The molecule has 0 aromatic heterocycles. The van der Waals surface area contributed by atoms with Crippen LogP contribution in [0.3, 0.4) is 0 Å². The Morgan fingerprint density at radius 3 is 2.76 bits per heavy atom. The lowest BCUT2D eigenvalue weighted by Gasteiger charge is -2.53. The first-order valence-corrected chi connectivity index (χ1v) is 8.82. The number of aryl methyl sites for hydroxylation is 1. The first-order chi connectivity index (χ1) is 10.0. The standard InChI is InChI=1S/C20H28O/c1-12-11-20(3)13(2)4-9-18(20)17-7-5-14-10-15(21)6-8-16(14)19(12)17/h6,8,10,12-13,17-19,21H,4-5,7,9,11H2,1-3H3/t12-,13-,17?,18?,19?,20+/m0/s1. The molecule has 0 radical (unpaired) electrons. The molecule has 21 heavy (non-hydrogen) atoms. The van der Waals surface area contributed by atoms with Gasteiger partial charge in [0.15, 0.2) is 0 Å². The molecule has 0 amide bonds. The number of phenolic OH excluding ortho intramolecular Hbond substituents is 1. The third kappa shape index (κ3) is 1.82. The summed E-state index contributed by atoms with van der Waals surface area (Å²) in [6.07, 6.45) is 6.76. The predicted octanol–water partition coefficient (Wildman–Crippen LogP) is 5.13. The van der Waals surface area contributed by atoms with E-state index in [2.05, 4.69) is 26.8 Å². The van der Waals surface area contributed by atoms with E-state index in [-0.39, 0.29) is 0 Å². The fraction of sp³-hybridized carbons (Fsp3) is 0.700. The van der Waals surface area contributed by atoms with E-state index in [4.69, 9.17) is 0 Å². The summed E-state index contributed by atoms with van der Waals surface area (Å²) in [5.74, 6) is 4.65. The molecule has 1 N–H and O–H groups in total. The van der Waals surface area contributed by atoms with Gasteiger partial charge in [0, 0.05) is 0 Å². The molecule has 0 aliphatic heterocycles. The summed E-state index contributed by atoms with van der Waals surface area (Å²) < 4.78 is 0. The minimum atomic E-state index is 0.440. The highest BCUT2D eigenvalue weighted by Crippen LogP contribution is 2.64. The number of phenols is 1. The van der Waals surface area contributed by atoms with Crippen molar-refractivity contribution in [2.24, 2.45) is 29.1 Å². The van der Waals surface area contributed by atoms with Gasteiger partial charge in [0.05, 0.1) is 0 Å². The van der Waals surface area contributed by atoms with Crippen molar-refractivity contribution < 1.29 is 5.11 Å². The van der Waals surface area contributed by atoms with Gasteiger partial charge in [-0.15, -0.1) is 0 Å². The molecule has 0 heterocycles. The van der Waals surface area contributed by atoms with Crippen molar-refractivity contribution in [2.75, 3.05) is 0 Å². The van der Waals surface area contributed by atoms with Gasteiger partial charge in [-0.3, -0.25) is 0 Å². The Bertz CT molecular complexity index is 563. The molecule has 0 saturated heterocycles. The summed E-state index contributed by atoms with van der Waals surface area (Å²) in [4.78, 5) is 0. The third-order valence-corrected chi connectivity index (χ3v) is 7.47. The minimum Gasteiger partial charge on any atom is -0.508 e. The van der Waals surface area contributed by atoms with Crippen LogP contribution in [0.5, 0.6) is 5.75 Å². The number of benzene rings is 1. The molecule has 3 aliphatic rings. The molecule has 1 heteroatoms. The summed E-state index contributed by atoms with van der Waals surface area (Å²) in [6.45, 7) is 7.54. The van der Waals surface area contributed by atoms with Crippen molar-refractivity contribution in [3.05, 3.63) is 29.3 Å². The quantitative estimate of drug-likeness (QED) is 0.700. The van der Waals surface area contributed by atoms with Gasteiger partial charge in [-0.05, 0) is 90.4 Å². The largest absolute Gasteiger partial charge is 0.508 e. The van der Waals surface area contributed by atoms with E-state index < -0.39 is 0 Å². The second-order valence-corrected chi connectivity index (χ2v) is 8.38. The monoisotopic (exact) mass is 284 g/mol. The second kappa shape index (κ2) is 4.51. The zero-order chi connectivity index (χ0) is 14.8. The molecular formula is C20H28O. The van der Waals surface area contributed by atoms with Crippen molar-refractivity contribution in [3.63, 3.8) is 0 Å². The number of hydrogen-bond donors (Lipinski definition) is 1. The summed E-state index contributed by atoms with van der Waals surface area (Å²) >= 11 is 0. The van der Waals surface area contributed by atoms with Crippen LogP contribution in [0, 0.1) is 29.1 Å². The maximum absolute atomic E-state index is 9.78. The molecule has 1 aromatic rings. The maximum atomic E-state index is 9.78. The molecule has 1 aromatic carbocycles. The van der Waals surface area contributed by atoms with Gasteiger partial charge >= 0.3 is 0 Å². The first kappa shape index (κ1) is 13.7. The molecule has 0 bridgehead atoms. The van der Waals surface area contributed by atoms with Crippen molar-refractivity contribution >= 4 is 0 Å². The van der Waals surface area contributed by atoms with E-state index in [1.54, 1.807) is 5.56 Å². The highest BCUT2D eigenvalue weighted by atomic mass is 16.3. The van der Waals surface area contributed by atoms with Gasteiger partial charge in [-0.25, -0.2) is 0 Å². The van der Waals surface area contributed by atoms with Gasteiger partial charge in [0.25, 0.3) is 0 Å². The molecule has 3 aliphatic carbocycles. The van der Waals surface area contributed by atoms with Crippen LogP contribution < -0.4 is 0 Å². The van der Waals surface area contributed by atoms with E-state index in [9.17, 15) is 5.11 Å². The summed E-state index contributed by atoms with van der Waals surface area (Å²) in [7, 11) is 0. The SMILES string of the molecule is C[C@H]1C[C@@]2(C)C(CC[C@@H]2C)C2CCc3cc(O)ccc3C21. The predicted molar refractivity (Wildman–Crippen MR) is 86.4 cm³/mol. The topological polar surface area (TPSA) is 20.2 Å². The zero-order valence-electron chi connectivity index (χ0n) is 13.6. The van der Waals surface area contributed by atoms with Crippen molar-refractivity contribution in [2.45, 2.75) is 58.8 Å². The Labute approximate surface area is 128 Å². The van der Waals surface area contributed by atoms with Gasteiger partial charge in [0.1, 0.15) is 5.75 Å². The minimum absolute atomic E-state index is 0.440. The van der Waals surface area contributed by atoms with Crippen LogP contribution in [0.4, 0.5) is 0 Å².